The Bertz CT molecular complexity index is 1700. The van der Waals surface area contributed by atoms with Gasteiger partial charge in [-0.25, -0.2) is 4.98 Å². The number of carbonyl (C=O) groups is 1. The molecule has 44 heavy (non-hydrogen) atoms. The first-order valence-electron chi connectivity index (χ1n) is 14.4. The summed E-state index contributed by atoms with van der Waals surface area (Å²) < 4.78 is 50.1. The fourth-order valence-electron chi connectivity index (χ4n) is 5.38. The number of aromatic nitrogens is 2. The quantitative estimate of drug-likeness (QED) is 0.195. The highest BCUT2D eigenvalue weighted by Crippen LogP contribution is 2.28. The van der Waals surface area contributed by atoms with Crippen LogP contribution in [0.2, 0.25) is 0 Å². The lowest BCUT2D eigenvalue weighted by molar-refractivity contribution is -0.274. The number of nitrogens with zero attached hydrogens (tertiary/aromatic N) is 4. The van der Waals surface area contributed by atoms with Gasteiger partial charge >= 0.3 is 6.36 Å². The molecule has 7 nitrogen and oxygen atoms in total. The van der Waals surface area contributed by atoms with Crippen LogP contribution in [-0.2, 0) is 24.4 Å². The van der Waals surface area contributed by atoms with Crippen molar-refractivity contribution < 1.29 is 27.4 Å². The molecule has 0 N–H and O–H groups in total. The molecule has 0 saturated carbocycles. The fraction of sp³-hybridized carbons (Fsp3) is 0.235. The maximum absolute atomic E-state index is 12.9. The van der Waals surface area contributed by atoms with E-state index in [4.69, 9.17) is 9.72 Å². The zero-order valence-electron chi connectivity index (χ0n) is 23.9. The normalized spacial score (nSPS) is 13.7. The Kier molecular flexibility index (Phi) is 8.40. The summed E-state index contributed by atoms with van der Waals surface area (Å²) in [5, 5.41) is 0. The van der Waals surface area contributed by atoms with Gasteiger partial charge in [0.05, 0.1) is 17.5 Å². The molecule has 0 aliphatic carbocycles. The molecule has 1 fully saturated rings. The third-order valence-electron chi connectivity index (χ3n) is 7.62. The molecular formula is C34H31F3N4O3. The SMILES string of the molecule is O=C(Cc1ccccc1)N1CCN(c2ccc3nc(COc4ccccc4)n(Cc4ccc(OC(F)(F)F)cc4)c3c2)CC1. The van der Waals surface area contributed by atoms with Crippen molar-refractivity contribution in [3.05, 3.63) is 120 Å². The summed E-state index contributed by atoms with van der Waals surface area (Å²) in [7, 11) is 0. The minimum Gasteiger partial charge on any atom is -0.486 e. The van der Waals surface area contributed by atoms with Crippen LogP contribution in [0.1, 0.15) is 17.0 Å². The van der Waals surface area contributed by atoms with Crippen LogP contribution in [0.3, 0.4) is 0 Å². The van der Waals surface area contributed by atoms with E-state index < -0.39 is 6.36 Å². The zero-order valence-corrected chi connectivity index (χ0v) is 23.9. The number of fused-ring (bicyclic) bond motifs is 1. The van der Waals surface area contributed by atoms with E-state index in [2.05, 4.69) is 15.7 Å². The van der Waals surface area contributed by atoms with Crippen LogP contribution in [0.4, 0.5) is 18.9 Å². The van der Waals surface area contributed by atoms with Crippen LogP contribution in [0, 0.1) is 0 Å². The number of rotatable bonds is 9. The lowest BCUT2D eigenvalue weighted by Gasteiger charge is -2.36. The Morgan fingerprint density at radius 3 is 2.14 bits per heavy atom. The molecule has 1 aliphatic rings. The predicted molar refractivity (Wildman–Crippen MR) is 162 cm³/mol. The van der Waals surface area contributed by atoms with E-state index in [1.165, 1.54) is 12.1 Å². The summed E-state index contributed by atoms with van der Waals surface area (Å²) in [4.78, 5) is 21.9. The molecule has 10 heteroatoms. The Balaban J connectivity index is 1.21. The lowest BCUT2D eigenvalue weighted by atomic mass is 10.1. The number of hydrogen-bond acceptors (Lipinski definition) is 5. The molecule has 0 radical (unpaired) electrons. The van der Waals surface area contributed by atoms with E-state index >= 15 is 0 Å². The third-order valence-corrected chi connectivity index (χ3v) is 7.62. The first-order chi connectivity index (χ1) is 21.3. The van der Waals surface area contributed by atoms with E-state index in [9.17, 15) is 18.0 Å². The number of halogens is 3. The van der Waals surface area contributed by atoms with Gasteiger partial charge < -0.3 is 23.8 Å². The molecule has 1 saturated heterocycles. The summed E-state index contributed by atoms with van der Waals surface area (Å²) >= 11 is 0. The average Bonchev–Trinajstić information content (AvgIpc) is 3.37. The van der Waals surface area contributed by atoms with Crippen molar-refractivity contribution in [2.45, 2.75) is 25.9 Å². The number of ether oxygens (including phenoxy) is 2. The highest BCUT2D eigenvalue weighted by Gasteiger charge is 2.31. The van der Waals surface area contributed by atoms with E-state index in [1.54, 1.807) is 12.1 Å². The zero-order chi connectivity index (χ0) is 30.5. The Labute approximate surface area is 253 Å². The number of piperazine rings is 1. The summed E-state index contributed by atoms with van der Waals surface area (Å²) in [5.41, 5.74) is 4.48. The highest BCUT2D eigenvalue weighted by molar-refractivity contribution is 5.81. The van der Waals surface area contributed by atoms with Crippen molar-refractivity contribution in [1.29, 1.82) is 0 Å². The number of alkyl halides is 3. The van der Waals surface area contributed by atoms with Gasteiger partial charge in [0.25, 0.3) is 0 Å². The third kappa shape index (κ3) is 7.14. The van der Waals surface area contributed by atoms with Crippen molar-refractivity contribution >= 4 is 22.6 Å². The molecule has 5 aromatic rings. The van der Waals surface area contributed by atoms with Crippen LogP contribution < -0.4 is 14.4 Å². The van der Waals surface area contributed by atoms with E-state index in [0.29, 0.717) is 50.7 Å². The van der Waals surface area contributed by atoms with Crippen LogP contribution in [0.15, 0.2) is 103 Å². The minimum atomic E-state index is -4.75. The molecule has 1 aliphatic heterocycles. The summed E-state index contributed by atoms with van der Waals surface area (Å²) in [6.07, 6.45) is -4.36. The lowest BCUT2D eigenvalue weighted by Crippen LogP contribution is -2.49. The second-order valence-corrected chi connectivity index (χ2v) is 10.6. The Morgan fingerprint density at radius 1 is 0.773 bits per heavy atom. The van der Waals surface area contributed by atoms with E-state index in [1.807, 2.05) is 82.3 Å². The van der Waals surface area contributed by atoms with Gasteiger partial charge in [0, 0.05) is 38.4 Å². The van der Waals surface area contributed by atoms with Crippen molar-refractivity contribution in [3.8, 4) is 11.5 Å². The summed E-state index contributed by atoms with van der Waals surface area (Å²) in [6.45, 7) is 3.25. The minimum absolute atomic E-state index is 0.124. The standard InChI is InChI=1S/C34H31F3N4O3/c35-34(36,37)44-29-14-11-26(12-15-29)23-41-31-22-27(13-16-30(31)38-32(41)24-43-28-9-5-2-6-10-28)39-17-19-40(20-18-39)33(42)21-25-7-3-1-4-8-25/h1-16,22H,17-21,23-24H2. The van der Waals surface area contributed by atoms with Gasteiger partial charge in [-0.1, -0.05) is 60.7 Å². The molecular weight excluding hydrogens is 569 g/mol. The number of para-hydroxylation sites is 1. The van der Waals surface area contributed by atoms with Gasteiger partial charge in [0.15, 0.2) is 0 Å². The number of benzene rings is 4. The van der Waals surface area contributed by atoms with Crippen LogP contribution in [0.5, 0.6) is 11.5 Å². The van der Waals surface area contributed by atoms with Crippen LogP contribution in [-0.4, -0.2) is 52.9 Å². The molecule has 0 spiro atoms. The highest BCUT2D eigenvalue weighted by atomic mass is 19.4. The maximum atomic E-state index is 12.9. The second-order valence-electron chi connectivity index (χ2n) is 10.6. The topological polar surface area (TPSA) is 59.8 Å². The van der Waals surface area contributed by atoms with Gasteiger partial charge in [-0.15, -0.1) is 13.2 Å². The molecule has 0 bridgehead atoms. The molecule has 226 valence electrons. The molecule has 2 heterocycles. The number of anilines is 1. The first-order valence-corrected chi connectivity index (χ1v) is 14.4. The van der Waals surface area contributed by atoms with Gasteiger partial charge in [-0.05, 0) is 53.6 Å². The Morgan fingerprint density at radius 2 is 1.45 bits per heavy atom. The second kappa shape index (κ2) is 12.7. The van der Waals surface area contributed by atoms with E-state index in [0.717, 1.165) is 27.8 Å². The summed E-state index contributed by atoms with van der Waals surface area (Å²) in [5.74, 6) is 1.25. The smallest absolute Gasteiger partial charge is 0.486 e. The molecule has 0 unspecified atom stereocenters. The molecule has 1 amide bonds. The molecule has 0 atom stereocenters. The van der Waals surface area contributed by atoms with Gasteiger partial charge in [0.1, 0.15) is 23.9 Å². The number of hydrogen-bond donors (Lipinski definition) is 0. The number of carbonyl (C=O) groups excluding carboxylic acids is 1. The fourth-order valence-corrected chi connectivity index (χ4v) is 5.38. The maximum Gasteiger partial charge on any atom is 0.573 e. The number of amides is 1. The number of imidazole rings is 1. The largest absolute Gasteiger partial charge is 0.573 e. The van der Waals surface area contributed by atoms with Crippen molar-refractivity contribution in [1.82, 2.24) is 14.5 Å². The molecule has 4 aromatic carbocycles. The van der Waals surface area contributed by atoms with Crippen molar-refractivity contribution in [3.63, 3.8) is 0 Å². The van der Waals surface area contributed by atoms with Crippen molar-refractivity contribution in [2.75, 3.05) is 31.1 Å². The Hall–Kier alpha value is -4.99. The van der Waals surface area contributed by atoms with Gasteiger partial charge in [-0.2, -0.15) is 0 Å². The van der Waals surface area contributed by atoms with Gasteiger partial charge in [-0.3, -0.25) is 4.79 Å². The summed E-state index contributed by atoms with van der Waals surface area (Å²) in [6, 6.07) is 31.1. The predicted octanol–water partition coefficient (Wildman–Crippen LogP) is 6.45. The monoisotopic (exact) mass is 600 g/mol. The first kappa shape index (κ1) is 29.1. The van der Waals surface area contributed by atoms with Crippen molar-refractivity contribution in [2.24, 2.45) is 0 Å². The average molecular weight is 601 g/mol. The van der Waals surface area contributed by atoms with Gasteiger partial charge in [0.2, 0.25) is 5.91 Å². The van der Waals surface area contributed by atoms with Crippen LogP contribution >= 0.6 is 0 Å². The molecule has 1 aromatic heterocycles. The molecule has 6 rings (SSSR count). The van der Waals surface area contributed by atoms with E-state index in [-0.39, 0.29) is 18.3 Å². The van der Waals surface area contributed by atoms with Crippen LogP contribution in [0.25, 0.3) is 11.0 Å².